The number of halogens is 1. The van der Waals surface area contributed by atoms with Gasteiger partial charge in [0.05, 0.1) is 11.6 Å². The predicted molar refractivity (Wildman–Crippen MR) is 105 cm³/mol. The van der Waals surface area contributed by atoms with Gasteiger partial charge in [0.1, 0.15) is 5.82 Å². The molecule has 26 heavy (non-hydrogen) atoms. The van der Waals surface area contributed by atoms with Crippen LogP contribution in [0.15, 0.2) is 53.7 Å². The summed E-state index contributed by atoms with van der Waals surface area (Å²) < 4.78 is 13.3. The van der Waals surface area contributed by atoms with Crippen molar-refractivity contribution in [1.29, 1.82) is 0 Å². The highest BCUT2D eigenvalue weighted by Crippen LogP contribution is 2.28. The second-order valence-electron chi connectivity index (χ2n) is 6.37. The average molecular weight is 369 g/mol. The van der Waals surface area contributed by atoms with Crippen LogP contribution in [0.2, 0.25) is 0 Å². The van der Waals surface area contributed by atoms with Gasteiger partial charge in [0.25, 0.3) is 5.91 Å². The number of allylic oxidation sites excluding steroid dienone is 1. The highest BCUT2D eigenvalue weighted by Gasteiger charge is 2.29. The number of carbonyl (C=O) groups excluding carboxylic acids is 1. The number of rotatable bonds is 3. The minimum absolute atomic E-state index is 0.234. The number of hydrogen-bond acceptors (Lipinski definition) is 2. The summed E-state index contributed by atoms with van der Waals surface area (Å²) in [6.07, 6.45) is 0. The van der Waals surface area contributed by atoms with Crippen LogP contribution in [0.1, 0.15) is 29.7 Å². The SMILES string of the molecule is CC1=C(C(=O)Nc2ccc(C)c(C)c2)[C@H](c2ccc(F)cc2)NC(=S)N1. The Bertz CT molecular complexity index is 906. The van der Waals surface area contributed by atoms with Crippen LogP contribution in [0.5, 0.6) is 0 Å². The molecule has 2 aromatic rings. The van der Waals surface area contributed by atoms with E-state index in [0.29, 0.717) is 16.4 Å². The Morgan fingerprint density at radius 2 is 1.77 bits per heavy atom. The molecule has 0 radical (unpaired) electrons. The maximum Gasteiger partial charge on any atom is 0.255 e. The van der Waals surface area contributed by atoms with Gasteiger partial charge in [-0.2, -0.15) is 0 Å². The van der Waals surface area contributed by atoms with Crippen LogP contribution in [0, 0.1) is 19.7 Å². The van der Waals surface area contributed by atoms with Gasteiger partial charge in [-0.3, -0.25) is 4.79 Å². The smallest absolute Gasteiger partial charge is 0.255 e. The van der Waals surface area contributed by atoms with Gasteiger partial charge in [-0.05, 0) is 73.9 Å². The first-order valence-corrected chi connectivity index (χ1v) is 8.68. The monoisotopic (exact) mass is 369 g/mol. The average Bonchev–Trinajstić information content (AvgIpc) is 2.58. The Morgan fingerprint density at radius 3 is 2.42 bits per heavy atom. The fourth-order valence-electron chi connectivity index (χ4n) is 2.92. The van der Waals surface area contributed by atoms with E-state index in [-0.39, 0.29) is 11.7 Å². The molecule has 0 saturated heterocycles. The zero-order chi connectivity index (χ0) is 18.8. The first-order valence-electron chi connectivity index (χ1n) is 8.27. The molecule has 0 unspecified atom stereocenters. The molecule has 3 rings (SSSR count). The number of nitrogens with one attached hydrogen (secondary N) is 3. The molecular weight excluding hydrogens is 349 g/mol. The topological polar surface area (TPSA) is 53.2 Å². The van der Waals surface area contributed by atoms with Crippen molar-refractivity contribution in [3.05, 3.63) is 76.2 Å². The van der Waals surface area contributed by atoms with Gasteiger partial charge in [-0.15, -0.1) is 0 Å². The second kappa shape index (κ2) is 7.25. The first kappa shape index (κ1) is 18.1. The minimum Gasteiger partial charge on any atom is -0.351 e. The molecule has 1 aliphatic heterocycles. The van der Waals surface area contributed by atoms with Crippen molar-refractivity contribution in [1.82, 2.24) is 10.6 Å². The van der Waals surface area contributed by atoms with E-state index in [2.05, 4.69) is 16.0 Å². The van der Waals surface area contributed by atoms with Gasteiger partial charge < -0.3 is 16.0 Å². The van der Waals surface area contributed by atoms with E-state index >= 15 is 0 Å². The van der Waals surface area contributed by atoms with Crippen LogP contribution < -0.4 is 16.0 Å². The molecule has 6 heteroatoms. The highest BCUT2D eigenvalue weighted by atomic mass is 32.1. The Labute approximate surface area is 157 Å². The molecule has 2 aromatic carbocycles. The van der Waals surface area contributed by atoms with Gasteiger partial charge >= 0.3 is 0 Å². The zero-order valence-electron chi connectivity index (χ0n) is 14.8. The van der Waals surface area contributed by atoms with Crippen LogP contribution in [0.4, 0.5) is 10.1 Å². The predicted octanol–water partition coefficient (Wildman–Crippen LogP) is 3.87. The number of benzene rings is 2. The van der Waals surface area contributed by atoms with Crippen molar-refractivity contribution >= 4 is 28.9 Å². The Morgan fingerprint density at radius 1 is 1.08 bits per heavy atom. The van der Waals surface area contributed by atoms with Crippen molar-refractivity contribution in [3.63, 3.8) is 0 Å². The van der Waals surface area contributed by atoms with E-state index in [4.69, 9.17) is 12.2 Å². The summed E-state index contributed by atoms with van der Waals surface area (Å²) in [6, 6.07) is 11.4. The number of thiocarbonyl (C=S) groups is 1. The van der Waals surface area contributed by atoms with Crippen molar-refractivity contribution < 1.29 is 9.18 Å². The minimum atomic E-state index is -0.448. The van der Waals surface area contributed by atoms with E-state index in [9.17, 15) is 9.18 Å². The third-order valence-electron chi connectivity index (χ3n) is 4.48. The Kier molecular flexibility index (Phi) is 5.04. The summed E-state index contributed by atoms with van der Waals surface area (Å²) in [6.45, 7) is 5.83. The van der Waals surface area contributed by atoms with Gasteiger partial charge in [-0.25, -0.2) is 4.39 Å². The molecule has 0 bridgehead atoms. The number of carbonyl (C=O) groups is 1. The van der Waals surface area contributed by atoms with E-state index in [0.717, 1.165) is 22.4 Å². The second-order valence-corrected chi connectivity index (χ2v) is 6.78. The summed E-state index contributed by atoms with van der Waals surface area (Å²) >= 11 is 5.22. The lowest BCUT2D eigenvalue weighted by atomic mass is 9.95. The number of amides is 1. The lowest BCUT2D eigenvalue weighted by Crippen LogP contribution is -2.45. The quantitative estimate of drug-likeness (QED) is 0.719. The molecule has 1 atom stereocenters. The zero-order valence-corrected chi connectivity index (χ0v) is 15.6. The number of anilines is 1. The fraction of sp³-hybridized carbons (Fsp3) is 0.200. The lowest BCUT2D eigenvalue weighted by molar-refractivity contribution is -0.113. The summed E-state index contributed by atoms with van der Waals surface area (Å²) in [5.41, 5.74) is 4.94. The van der Waals surface area contributed by atoms with Crippen LogP contribution in [-0.2, 0) is 4.79 Å². The normalized spacial score (nSPS) is 16.8. The molecular formula is C20H20FN3OS. The molecule has 3 N–H and O–H groups in total. The molecule has 0 fully saturated rings. The van der Waals surface area contributed by atoms with Gasteiger partial charge in [0, 0.05) is 11.4 Å². The van der Waals surface area contributed by atoms with E-state index in [1.807, 2.05) is 32.0 Å². The summed E-state index contributed by atoms with van der Waals surface area (Å²) in [5, 5.41) is 9.46. The van der Waals surface area contributed by atoms with Gasteiger partial charge in [0.15, 0.2) is 5.11 Å². The van der Waals surface area contributed by atoms with Crippen molar-refractivity contribution in [2.75, 3.05) is 5.32 Å². The standard InChI is InChI=1S/C20H20FN3OS/c1-11-4-9-16(10-12(11)2)23-19(25)17-13(3)22-20(26)24-18(17)14-5-7-15(21)8-6-14/h4-10,18H,1-3H3,(H,23,25)(H2,22,24,26)/t18-/m0/s1. The molecule has 0 aliphatic carbocycles. The van der Waals surface area contributed by atoms with Crippen LogP contribution in [0.25, 0.3) is 0 Å². The van der Waals surface area contributed by atoms with Gasteiger partial charge in [0.2, 0.25) is 0 Å². The van der Waals surface area contributed by atoms with Crippen molar-refractivity contribution in [2.45, 2.75) is 26.8 Å². The van der Waals surface area contributed by atoms with Crippen molar-refractivity contribution in [3.8, 4) is 0 Å². The third kappa shape index (κ3) is 3.75. The fourth-order valence-corrected chi connectivity index (χ4v) is 3.19. The molecule has 1 heterocycles. The Hall–Kier alpha value is -2.73. The lowest BCUT2D eigenvalue weighted by Gasteiger charge is -2.30. The highest BCUT2D eigenvalue weighted by molar-refractivity contribution is 7.80. The molecule has 134 valence electrons. The summed E-state index contributed by atoms with van der Waals surface area (Å²) in [5.74, 6) is -0.560. The van der Waals surface area contributed by atoms with E-state index < -0.39 is 6.04 Å². The maximum atomic E-state index is 13.3. The first-order chi connectivity index (χ1) is 12.3. The molecule has 0 saturated carbocycles. The molecule has 4 nitrogen and oxygen atoms in total. The van der Waals surface area contributed by atoms with Crippen LogP contribution in [0.3, 0.4) is 0 Å². The summed E-state index contributed by atoms with van der Waals surface area (Å²) in [7, 11) is 0. The summed E-state index contributed by atoms with van der Waals surface area (Å²) in [4.78, 5) is 13.0. The maximum absolute atomic E-state index is 13.3. The van der Waals surface area contributed by atoms with E-state index in [1.165, 1.54) is 12.1 Å². The van der Waals surface area contributed by atoms with Gasteiger partial charge in [-0.1, -0.05) is 18.2 Å². The number of aryl methyl sites for hydroxylation is 2. The molecule has 0 aromatic heterocycles. The largest absolute Gasteiger partial charge is 0.351 e. The molecule has 1 amide bonds. The van der Waals surface area contributed by atoms with Crippen molar-refractivity contribution in [2.24, 2.45) is 0 Å². The molecule has 1 aliphatic rings. The van der Waals surface area contributed by atoms with E-state index in [1.54, 1.807) is 19.1 Å². The Balaban J connectivity index is 1.93. The van der Waals surface area contributed by atoms with Crippen LogP contribution in [-0.4, -0.2) is 11.0 Å². The van der Waals surface area contributed by atoms with Crippen LogP contribution >= 0.6 is 12.2 Å². The third-order valence-corrected chi connectivity index (χ3v) is 4.70. The number of hydrogen-bond donors (Lipinski definition) is 3. The molecule has 0 spiro atoms.